The van der Waals surface area contributed by atoms with E-state index in [4.69, 9.17) is 29.1 Å². The molecule has 13 nitrogen and oxygen atoms in total. The molecule has 0 spiro atoms. The first-order valence-electron chi connectivity index (χ1n) is 14.3. The molecule has 0 unspecified atom stereocenters. The van der Waals surface area contributed by atoms with Crippen LogP contribution < -0.4 is 16.1 Å². The number of rotatable bonds is 8. The lowest BCUT2D eigenvalue weighted by Gasteiger charge is -2.47. The van der Waals surface area contributed by atoms with Crippen LogP contribution >= 0.6 is 0 Å². The fourth-order valence-electron chi connectivity index (χ4n) is 5.65. The van der Waals surface area contributed by atoms with E-state index >= 15 is 0 Å². The van der Waals surface area contributed by atoms with Gasteiger partial charge in [0, 0.05) is 30.2 Å². The Morgan fingerprint density at radius 1 is 1.04 bits per heavy atom. The van der Waals surface area contributed by atoms with Crippen LogP contribution in [0.5, 0.6) is 23.0 Å². The van der Waals surface area contributed by atoms with Crippen LogP contribution in [0.2, 0.25) is 0 Å². The van der Waals surface area contributed by atoms with Crippen molar-refractivity contribution in [3.05, 3.63) is 81.5 Å². The third-order valence-electron chi connectivity index (χ3n) is 8.01. The van der Waals surface area contributed by atoms with Gasteiger partial charge in [0.15, 0.2) is 29.5 Å². The van der Waals surface area contributed by atoms with E-state index < -0.39 is 77.2 Å². The van der Waals surface area contributed by atoms with Crippen LogP contribution in [-0.2, 0) is 20.6 Å². The molecule has 6 N–H and O–H groups in total. The van der Waals surface area contributed by atoms with Crippen molar-refractivity contribution in [3.8, 4) is 34.1 Å². The van der Waals surface area contributed by atoms with Crippen LogP contribution in [0, 0.1) is 12.7 Å². The summed E-state index contributed by atoms with van der Waals surface area (Å²) < 4.78 is 41.3. The highest BCUT2D eigenvalue weighted by Gasteiger charge is 2.53. The van der Waals surface area contributed by atoms with Crippen molar-refractivity contribution >= 4 is 22.8 Å². The topological polar surface area (TPSA) is 208 Å². The summed E-state index contributed by atoms with van der Waals surface area (Å²) in [5.74, 6) is -2.81. The highest BCUT2D eigenvalue weighted by Crippen LogP contribution is 2.40. The largest absolute Gasteiger partial charge is 0.507 e. The van der Waals surface area contributed by atoms with Crippen LogP contribution in [0.1, 0.15) is 35.3 Å². The molecular formula is C33H32FNO12. The van der Waals surface area contributed by atoms with Crippen molar-refractivity contribution in [2.45, 2.75) is 57.4 Å². The molecule has 1 aliphatic rings. The average Bonchev–Trinajstić information content (AvgIpc) is 3.00. The molecule has 1 saturated heterocycles. The second kappa shape index (κ2) is 12.5. The number of hydrogen-bond acceptors (Lipinski definition) is 12. The Morgan fingerprint density at radius 2 is 1.72 bits per heavy atom. The van der Waals surface area contributed by atoms with E-state index in [1.165, 1.54) is 44.4 Å². The van der Waals surface area contributed by atoms with Gasteiger partial charge in [-0.15, -0.1) is 0 Å². The summed E-state index contributed by atoms with van der Waals surface area (Å²) in [7, 11) is 1.35. The maximum atomic E-state index is 13.4. The standard InChI is InChI=1S/C33H32FNO12/c1-14-23(44-31-26(40)28(46-32(35)42)29(43-4)33(2,3)47-31)10-9-18-24(38)20(30(41)45-27(14)18)13-21(36)16-11-19(25(39)22(37)12-16)15-5-7-17(34)8-6-15/h5-12,26,28-29,31,37-40H,13H2,1-4H3,(H2,35,42)/t26-,28+,29-,31-/m1/s1. The lowest BCUT2D eigenvalue weighted by Crippen LogP contribution is -2.65. The van der Waals surface area contributed by atoms with Crippen molar-refractivity contribution < 1.29 is 57.8 Å². The Bertz CT molecular complexity index is 1920. The van der Waals surface area contributed by atoms with E-state index in [2.05, 4.69) is 0 Å². The van der Waals surface area contributed by atoms with Gasteiger partial charge in [-0.3, -0.25) is 4.79 Å². The molecule has 4 atom stereocenters. The molecular weight excluding hydrogens is 621 g/mol. The van der Waals surface area contributed by atoms with E-state index in [0.29, 0.717) is 5.56 Å². The molecule has 5 rings (SSSR count). The minimum atomic E-state index is -1.55. The quantitative estimate of drug-likeness (QED) is 0.105. The van der Waals surface area contributed by atoms with E-state index in [-0.39, 0.29) is 39.0 Å². The first-order valence-corrected chi connectivity index (χ1v) is 14.3. The maximum absolute atomic E-state index is 13.4. The first kappa shape index (κ1) is 33.2. The number of fused-ring (bicyclic) bond motifs is 1. The van der Waals surface area contributed by atoms with Gasteiger partial charge in [-0.25, -0.2) is 14.0 Å². The number of aliphatic hydroxyl groups is 1. The molecule has 4 aromatic rings. The minimum Gasteiger partial charge on any atom is -0.507 e. The van der Waals surface area contributed by atoms with Crippen LogP contribution in [0.4, 0.5) is 9.18 Å². The number of primary amides is 1. The SMILES string of the molecule is CO[C@@H]1[C@@H](OC(N)=O)[C@@H](O)[C@H](Oc2ccc3c(O)c(CC(=O)c4cc(O)c(O)c(-c5ccc(F)cc5)c4)c(=O)oc3c2C)OC1(C)C. The molecule has 0 saturated carbocycles. The highest BCUT2D eigenvalue weighted by atomic mass is 19.1. The zero-order valence-electron chi connectivity index (χ0n) is 25.6. The highest BCUT2D eigenvalue weighted by molar-refractivity contribution is 6.01. The molecule has 1 aromatic heterocycles. The fraction of sp³-hybridized carbons (Fsp3) is 0.303. The number of phenolic OH excluding ortho intramolecular Hbond substituents is 2. The summed E-state index contributed by atoms with van der Waals surface area (Å²) in [5, 5.41) is 42.8. The molecule has 1 amide bonds. The van der Waals surface area contributed by atoms with E-state index in [0.717, 1.165) is 18.2 Å². The summed E-state index contributed by atoms with van der Waals surface area (Å²) in [6, 6.07) is 10.1. The zero-order chi connectivity index (χ0) is 34.4. The number of halogens is 1. The number of aromatic hydroxyl groups is 3. The van der Waals surface area contributed by atoms with Crippen molar-refractivity contribution in [3.63, 3.8) is 0 Å². The lowest BCUT2D eigenvalue weighted by atomic mass is 9.89. The number of ether oxygens (including phenoxy) is 4. The number of methoxy groups -OCH3 is 1. The molecule has 0 radical (unpaired) electrons. The molecule has 0 bridgehead atoms. The Kier molecular flexibility index (Phi) is 8.86. The predicted octanol–water partition coefficient (Wildman–Crippen LogP) is 3.80. The molecule has 14 heteroatoms. The number of amides is 1. The summed E-state index contributed by atoms with van der Waals surface area (Å²) in [5.41, 5.74) is 3.11. The van der Waals surface area contributed by atoms with Crippen LogP contribution in [-0.4, -0.2) is 69.6 Å². The second-order valence-electron chi connectivity index (χ2n) is 11.5. The van der Waals surface area contributed by atoms with Gasteiger partial charge in [-0.1, -0.05) is 12.1 Å². The van der Waals surface area contributed by atoms with Gasteiger partial charge in [0.1, 0.15) is 29.0 Å². The minimum absolute atomic E-state index is 0.0481. The maximum Gasteiger partial charge on any atom is 0.404 e. The number of hydrogen-bond donors (Lipinski definition) is 5. The van der Waals surface area contributed by atoms with Crippen LogP contribution in [0.25, 0.3) is 22.1 Å². The number of benzene rings is 3. The van der Waals surface area contributed by atoms with Gasteiger partial charge in [0.05, 0.1) is 16.6 Å². The molecule has 0 aliphatic carbocycles. The number of carbonyl (C=O) groups excluding carboxylic acids is 2. The van der Waals surface area contributed by atoms with Gasteiger partial charge in [-0.05, 0) is 62.7 Å². The summed E-state index contributed by atoms with van der Waals surface area (Å²) in [4.78, 5) is 37.9. The molecule has 2 heterocycles. The Labute approximate surface area is 266 Å². The van der Waals surface area contributed by atoms with Gasteiger partial charge >= 0.3 is 11.7 Å². The first-order chi connectivity index (χ1) is 22.1. The average molecular weight is 654 g/mol. The van der Waals surface area contributed by atoms with Crippen molar-refractivity contribution in [1.29, 1.82) is 0 Å². The third kappa shape index (κ3) is 6.30. The summed E-state index contributed by atoms with van der Waals surface area (Å²) in [6.45, 7) is 4.80. The number of Topliss-reactive ketones (excluding diaryl/α,β-unsaturated/α-hetero) is 1. The fourth-order valence-corrected chi connectivity index (χ4v) is 5.65. The number of phenols is 2. The summed E-state index contributed by atoms with van der Waals surface area (Å²) >= 11 is 0. The molecule has 47 heavy (non-hydrogen) atoms. The monoisotopic (exact) mass is 653 g/mol. The van der Waals surface area contributed by atoms with Crippen LogP contribution in [0.15, 0.2) is 57.7 Å². The van der Waals surface area contributed by atoms with E-state index in [1.807, 2.05) is 0 Å². The van der Waals surface area contributed by atoms with Gasteiger partial charge in [0.25, 0.3) is 0 Å². The zero-order valence-corrected chi connectivity index (χ0v) is 25.6. The number of carbonyl (C=O) groups is 2. The number of nitrogens with two attached hydrogens (primary N) is 1. The lowest BCUT2D eigenvalue weighted by molar-refractivity contribution is -0.304. The van der Waals surface area contributed by atoms with Gasteiger partial charge in [-0.2, -0.15) is 0 Å². The van der Waals surface area contributed by atoms with Gasteiger partial charge in [0.2, 0.25) is 6.29 Å². The molecule has 1 aliphatic heterocycles. The van der Waals surface area contributed by atoms with Crippen molar-refractivity contribution in [2.75, 3.05) is 7.11 Å². The summed E-state index contributed by atoms with van der Waals surface area (Å²) in [6.07, 6.45) is -6.87. The predicted molar refractivity (Wildman–Crippen MR) is 163 cm³/mol. The van der Waals surface area contributed by atoms with Crippen LogP contribution in [0.3, 0.4) is 0 Å². The van der Waals surface area contributed by atoms with Crippen molar-refractivity contribution in [2.24, 2.45) is 5.73 Å². The van der Waals surface area contributed by atoms with E-state index in [9.17, 15) is 39.2 Å². The normalized spacial score (nSPS) is 20.6. The van der Waals surface area contributed by atoms with E-state index in [1.54, 1.807) is 13.8 Å². The Hall–Kier alpha value is -5.18. The smallest absolute Gasteiger partial charge is 0.404 e. The second-order valence-corrected chi connectivity index (χ2v) is 11.5. The number of ketones is 1. The van der Waals surface area contributed by atoms with Gasteiger partial charge < -0.3 is 49.5 Å². The number of aryl methyl sites for hydroxylation is 1. The third-order valence-corrected chi connectivity index (χ3v) is 8.01. The Balaban J connectivity index is 1.45. The Morgan fingerprint density at radius 3 is 2.36 bits per heavy atom. The molecule has 3 aromatic carbocycles. The molecule has 1 fully saturated rings. The molecule has 248 valence electrons. The number of aliphatic hydroxyl groups excluding tert-OH is 1. The van der Waals surface area contributed by atoms with Crippen molar-refractivity contribution in [1.82, 2.24) is 0 Å².